The molecule has 2 N–H and O–H groups in total. The van der Waals surface area contributed by atoms with Crippen LogP contribution in [0.3, 0.4) is 0 Å². The maximum Gasteiger partial charge on any atom is 0.192 e. The van der Waals surface area contributed by atoms with E-state index in [1.54, 1.807) is 0 Å². The minimum atomic E-state index is 0.0476. The molecule has 18 heavy (non-hydrogen) atoms. The van der Waals surface area contributed by atoms with Crippen molar-refractivity contribution < 1.29 is 9.52 Å². The van der Waals surface area contributed by atoms with Gasteiger partial charge in [-0.2, -0.15) is 0 Å². The molecule has 2 heterocycles. The van der Waals surface area contributed by atoms with Crippen LogP contribution in [0.4, 0.5) is 0 Å². The second-order valence-electron chi connectivity index (χ2n) is 4.41. The first kappa shape index (κ1) is 11.0. The normalized spacial score (nSPS) is 11.3. The molecular weight excluding hydrogens is 228 g/mol. The molecule has 0 unspecified atom stereocenters. The lowest BCUT2D eigenvalue weighted by Crippen LogP contribution is -1.81. The van der Waals surface area contributed by atoms with E-state index in [4.69, 9.17) is 4.42 Å². The van der Waals surface area contributed by atoms with E-state index >= 15 is 0 Å². The van der Waals surface area contributed by atoms with Crippen LogP contribution in [0.15, 0.2) is 28.7 Å². The van der Waals surface area contributed by atoms with E-state index in [0.29, 0.717) is 5.89 Å². The molecule has 0 amide bonds. The number of hydrogen-bond acceptors (Lipinski definition) is 3. The lowest BCUT2D eigenvalue weighted by atomic mass is 10.1. The van der Waals surface area contributed by atoms with Gasteiger partial charge < -0.3 is 14.5 Å². The molecule has 0 aliphatic heterocycles. The second kappa shape index (κ2) is 3.99. The molecule has 0 fully saturated rings. The Morgan fingerprint density at radius 1 is 1.28 bits per heavy atom. The molecule has 0 radical (unpaired) electrons. The maximum atomic E-state index is 9.21. The van der Waals surface area contributed by atoms with Gasteiger partial charge >= 0.3 is 0 Å². The number of hydrogen-bond donors (Lipinski definition) is 2. The molecule has 4 heteroatoms. The predicted molar refractivity (Wildman–Crippen MR) is 69.2 cm³/mol. The van der Waals surface area contributed by atoms with Gasteiger partial charge in [0, 0.05) is 23.9 Å². The van der Waals surface area contributed by atoms with Crippen LogP contribution in [0, 0.1) is 13.8 Å². The summed E-state index contributed by atoms with van der Waals surface area (Å²) in [5.74, 6) is 0.667. The number of benzene rings is 1. The van der Waals surface area contributed by atoms with Gasteiger partial charge in [0.05, 0.1) is 6.61 Å². The molecule has 0 aliphatic rings. The van der Waals surface area contributed by atoms with Crippen molar-refractivity contribution in [2.45, 2.75) is 20.5 Å². The van der Waals surface area contributed by atoms with Gasteiger partial charge in [-0.1, -0.05) is 6.07 Å². The quantitative estimate of drug-likeness (QED) is 0.726. The van der Waals surface area contributed by atoms with Crippen molar-refractivity contribution in [3.8, 4) is 11.3 Å². The summed E-state index contributed by atoms with van der Waals surface area (Å²) in [6.45, 7) is 3.83. The van der Waals surface area contributed by atoms with Gasteiger partial charge in [-0.05, 0) is 30.7 Å². The zero-order valence-electron chi connectivity index (χ0n) is 10.3. The zero-order chi connectivity index (χ0) is 12.7. The molecule has 3 rings (SSSR count). The van der Waals surface area contributed by atoms with Gasteiger partial charge in [0.15, 0.2) is 11.5 Å². The van der Waals surface area contributed by atoms with Crippen LogP contribution < -0.4 is 0 Å². The van der Waals surface area contributed by atoms with Crippen molar-refractivity contribution in [3.63, 3.8) is 0 Å². The van der Waals surface area contributed by atoms with Crippen LogP contribution in [-0.4, -0.2) is 15.1 Å². The van der Waals surface area contributed by atoms with E-state index in [9.17, 15) is 5.11 Å². The van der Waals surface area contributed by atoms with Gasteiger partial charge in [-0.25, -0.2) is 4.98 Å². The van der Waals surface area contributed by atoms with Crippen LogP contribution in [-0.2, 0) is 6.61 Å². The Morgan fingerprint density at radius 3 is 2.83 bits per heavy atom. The standard InChI is InChI=1S/C14H14N2O2/c1-8-11(7-17)5-13(15-8)10-3-4-12-14(6-10)18-9(2)16-12/h3-6,15,17H,7H2,1-2H3. The summed E-state index contributed by atoms with van der Waals surface area (Å²) >= 11 is 0. The van der Waals surface area contributed by atoms with Crippen molar-refractivity contribution in [2.24, 2.45) is 0 Å². The molecule has 0 saturated heterocycles. The van der Waals surface area contributed by atoms with Crippen molar-refractivity contribution in [1.29, 1.82) is 0 Å². The number of nitrogens with one attached hydrogen (secondary N) is 1. The van der Waals surface area contributed by atoms with Gasteiger partial charge in [-0.15, -0.1) is 0 Å². The fourth-order valence-electron chi connectivity index (χ4n) is 2.13. The number of nitrogens with zero attached hydrogens (tertiary/aromatic N) is 1. The summed E-state index contributed by atoms with van der Waals surface area (Å²) < 4.78 is 5.52. The van der Waals surface area contributed by atoms with Gasteiger partial charge in [0.25, 0.3) is 0 Å². The minimum absolute atomic E-state index is 0.0476. The number of aliphatic hydroxyl groups is 1. The van der Waals surface area contributed by atoms with Gasteiger partial charge in [0.2, 0.25) is 0 Å². The smallest absolute Gasteiger partial charge is 0.192 e. The summed E-state index contributed by atoms with van der Waals surface area (Å²) in [6, 6.07) is 7.86. The topological polar surface area (TPSA) is 62.1 Å². The number of H-pyrrole nitrogens is 1. The van der Waals surface area contributed by atoms with Gasteiger partial charge in [0.1, 0.15) is 5.52 Å². The van der Waals surface area contributed by atoms with E-state index < -0.39 is 0 Å². The van der Waals surface area contributed by atoms with E-state index in [-0.39, 0.29) is 6.61 Å². The Hall–Kier alpha value is -2.07. The summed E-state index contributed by atoms with van der Waals surface area (Å²) in [4.78, 5) is 7.53. The maximum absolute atomic E-state index is 9.21. The Kier molecular flexibility index (Phi) is 2.45. The second-order valence-corrected chi connectivity index (χ2v) is 4.41. The Bertz CT molecular complexity index is 710. The summed E-state index contributed by atoms with van der Waals surface area (Å²) in [5.41, 5.74) is 5.55. The largest absolute Gasteiger partial charge is 0.441 e. The van der Waals surface area contributed by atoms with Crippen LogP contribution in [0.1, 0.15) is 17.1 Å². The highest BCUT2D eigenvalue weighted by molar-refractivity contribution is 5.79. The third-order valence-corrected chi connectivity index (χ3v) is 3.10. The fraction of sp³-hybridized carbons (Fsp3) is 0.214. The van der Waals surface area contributed by atoms with Crippen molar-refractivity contribution in [1.82, 2.24) is 9.97 Å². The molecule has 0 spiro atoms. The van der Waals surface area contributed by atoms with Crippen LogP contribution in [0.25, 0.3) is 22.4 Å². The first-order chi connectivity index (χ1) is 8.67. The van der Waals surface area contributed by atoms with E-state index in [1.807, 2.05) is 38.1 Å². The molecule has 0 saturated carbocycles. The SMILES string of the molecule is Cc1nc2ccc(-c3cc(CO)c(C)[nH]3)cc2o1. The Labute approximate surface area is 104 Å². The number of rotatable bonds is 2. The average molecular weight is 242 g/mol. The minimum Gasteiger partial charge on any atom is -0.441 e. The van der Waals surface area contributed by atoms with Crippen molar-refractivity contribution >= 4 is 11.1 Å². The molecule has 1 aromatic carbocycles. The number of aryl methyl sites for hydroxylation is 2. The Morgan fingerprint density at radius 2 is 2.11 bits per heavy atom. The third-order valence-electron chi connectivity index (χ3n) is 3.10. The molecule has 0 aliphatic carbocycles. The summed E-state index contributed by atoms with van der Waals surface area (Å²) in [7, 11) is 0. The van der Waals surface area contributed by atoms with Crippen LogP contribution >= 0.6 is 0 Å². The summed E-state index contributed by atoms with van der Waals surface area (Å²) in [6.07, 6.45) is 0. The molecule has 2 aromatic heterocycles. The van der Waals surface area contributed by atoms with E-state index in [2.05, 4.69) is 9.97 Å². The highest BCUT2D eigenvalue weighted by Gasteiger charge is 2.08. The highest BCUT2D eigenvalue weighted by Crippen LogP contribution is 2.26. The number of aliphatic hydroxyl groups excluding tert-OH is 1. The molecule has 0 bridgehead atoms. The number of oxazole rings is 1. The predicted octanol–water partition coefficient (Wildman–Crippen LogP) is 2.93. The molecule has 92 valence electrons. The fourth-order valence-corrected chi connectivity index (χ4v) is 2.13. The molecular formula is C14H14N2O2. The van der Waals surface area contributed by atoms with Crippen LogP contribution in [0.5, 0.6) is 0 Å². The third kappa shape index (κ3) is 1.71. The average Bonchev–Trinajstić information content (AvgIpc) is 2.89. The highest BCUT2D eigenvalue weighted by atomic mass is 16.3. The zero-order valence-corrected chi connectivity index (χ0v) is 10.3. The molecule has 4 nitrogen and oxygen atoms in total. The lowest BCUT2D eigenvalue weighted by Gasteiger charge is -1.96. The van der Waals surface area contributed by atoms with E-state index in [0.717, 1.165) is 33.6 Å². The number of aromatic amines is 1. The van der Waals surface area contributed by atoms with Crippen molar-refractivity contribution in [2.75, 3.05) is 0 Å². The monoisotopic (exact) mass is 242 g/mol. The summed E-state index contributed by atoms with van der Waals surface area (Å²) in [5, 5.41) is 9.21. The molecule has 3 aromatic rings. The van der Waals surface area contributed by atoms with E-state index in [1.165, 1.54) is 0 Å². The van der Waals surface area contributed by atoms with Gasteiger partial charge in [-0.3, -0.25) is 0 Å². The lowest BCUT2D eigenvalue weighted by molar-refractivity contribution is 0.281. The number of aromatic nitrogens is 2. The number of fused-ring (bicyclic) bond motifs is 1. The van der Waals surface area contributed by atoms with Crippen molar-refractivity contribution in [3.05, 3.63) is 41.4 Å². The Balaban J connectivity index is 2.12. The van der Waals surface area contributed by atoms with Crippen LogP contribution in [0.2, 0.25) is 0 Å². The molecule has 0 atom stereocenters. The first-order valence-corrected chi connectivity index (χ1v) is 5.84. The first-order valence-electron chi connectivity index (χ1n) is 5.84.